The molecule has 0 atom stereocenters. The van der Waals surface area contributed by atoms with Gasteiger partial charge in [0.15, 0.2) is 0 Å². The molecule has 0 aromatic carbocycles. The molecule has 2 aliphatic heterocycles. The third-order valence-electron chi connectivity index (χ3n) is 4.35. The minimum atomic E-state index is 0.786. The molecule has 0 saturated heterocycles. The third kappa shape index (κ3) is 2.69. The second kappa shape index (κ2) is 5.74. The topological polar surface area (TPSA) is 66.6 Å². The highest BCUT2D eigenvalue weighted by atomic mass is 16.5. The largest absolute Gasteiger partial charge is 0.494 e. The molecule has 0 saturated carbocycles. The third-order valence-corrected chi connectivity index (χ3v) is 4.35. The van der Waals surface area contributed by atoms with Crippen LogP contribution in [0, 0.1) is 0 Å². The molecule has 0 unspecified atom stereocenters. The van der Waals surface area contributed by atoms with Crippen LogP contribution in [0.1, 0.15) is 22.8 Å². The van der Waals surface area contributed by atoms with Crippen LogP contribution in [0.2, 0.25) is 0 Å². The Morgan fingerprint density at radius 3 is 1.96 bits per heavy atom. The summed E-state index contributed by atoms with van der Waals surface area (Å²) in [6.45, 7) is 0. The first kappa shape index (κ1) is 14.7. The fourth-order valence-electron chi connectivity index (χ4n) is 3.16. The Morgan fingerprint density at radius 2 is 1.27 bits per heavy atom. The van der Waals surface area contributed by atoms with E-state index < -0.39 is 0 Å². The van der Waals surface area contributed by atoms with E-state index in [-0.39, 0.29) is 0 Å². The highest BCUT2D eigenvalue weighted by Gasteiger charge is 2.04. The Balaban J connectivity index is 1.86. The molecule has 5 heteroatoms. The van der Waals surface area contributed by atoms with Gasteiger partial charge in [0.1, 0.15) is 5.75 Å². The number of aromatic amines is 2. The van der Waals surface area contributed by atoms with Gasteiger partial charge < -0.3 is 14.7 Å². The molecule has 3 aromatic heterocycles. The average molecular weight is 340 g/mol. The maximum absolute atomic E-state index is 5.50. The van der Waals surface area contributed by atoms with Crippen LogP contribution in [-0.4, -0.2) is 27.0 Å². The zero-order valence-corrected chi connectivity index (χ0v) is 14.2. The van der Waals surface area contributed by atoms with Gasteiger partial charge in [0.25, 0.3) is 0 Å². The zero-order chi connectivity index (χ0) is 17.5. The van der Waals surface area contributed by atoms with E-state index in [2.05, 4.69) is 19.9 Å². The number of aromatic nitrogens is 4. The lowest BCUT2D eigenvalue weighted by Crippen LogP contribution is -1.80. The molecule has 0 radical (unpaired) electrons. The Labute approximate surface area is 149 Å². The number of methoxy groups -OCH3 is 1. The summed E-state index contributed by atoms with van der Waals surface area (Å²) in [5.41, 5.74) is 7.43. The summed E-state index contributed by atoms with van der Waals surface area (Å²) in [5.74, 6) is 0.786. The molecule has 26 heavy (non-hydrogen) atoms. The summed E-state index contributed by atoms with van der Waals surface area (Å²) < 4.78 is 5.50. The highest BCUT2D eigenvalue weighted by molar-refractivity contribution is 5.79. The van der Waals surface area contributed by atoms with Gasteiger partial charge in [-0.15, -0.1) is 0 Å². The van der Waals surface area contributed by atoms with Crippen LogP contribution in [0.15, 0.2) is 42.5 Å². The van der Waals surface area contributed by atoms with Gasteiger partial charge in [-0.2, -0.15) is 0 Å². The molecule has 3 aromatic rings. The van der Waals surface area contributed by atoms with Gasteiger partial charge >= 0.3 is 0 Å². The monoisotopic (exact) mass is 340 g/mol. The number of ether oxygens (including phenoxy) is 1. The fourth-order valence-corrected chi connectivity index (χ4v) is 3.16. The van der Waals surface area contributed by atoms with Gasteiger partial charge in [-0.3, -0.25) is 0 Å². The van der Waals surface area contributed by atoms with Crippen LogP contribution in [0.25, 0.3) is 46.4 Å². The molecular formula is C21H16N4O. The summed E-state index contributed by atoms with van der Waals surface area (Å²) in [4.78, 5) is 16.0. The molecule has 5 rings (SSSR count). The molecule has 2 N–H and O–H groups in total. The van der Waals surface area contributed by atoms with E-state index in [1.54, 1.807) is 7.11 Å². The standard InChI is InChI=1S/C21H16N4O/c1-26-21-12-19-10-17-5-4-15(23-17)8-13-2-3-14(22-13)9-16-6-7-18(24-16)11-20(21)25-19/h2-12,23,25H,1H3. The molecule has 0 fully saturated rings. The lowest BCUT2D eigenvalue weighted by atomic mass is 10.3. The van der Waals surface area contributed by atoms with Crippen LogP contribution >= 0.6 is 0 Å². The summed E-state index contributed by atoms with van der Waals surface area (Å²) in [5, 5.41) is 0. The van der Waals surface area contributed by atoms with E-state index in [1.807, 2.05) is 66.8 Å². The van der Waals surface area contributed by atoms with E-state index in [1.165, 1.54) is 0 Å². The van der Waals surface area contributed by atoms with Gasteiger partial charge in [-0.05, 0) is 60.7 Å². The van der Waals surface area contributed by atoms with Gasteiger partial charge in [0, 0.05) is 22.6 Å². The molecule has 5 heterocycles. The SMILES string of the molecule is COc1cc2cc3ccc(cc4nc(cc5nc(cc1[nH]2)C=C5)C=C4)[nH]3. The maximum Gasteiger partial charge on any atom is 0.144 e. The number of rotatable bonds is 1. The quantitative estimate of drug-likeness (QED) is 0.466. The number of hydrogen-bond donors (Lipinski definition) is 2. The highest BCUT2D eigenvalue weighted by Crippen LogP contribution is 2.23. The second-order valence-electron chi connectivity index (χ2n) is 6.24. The predicted molar refractivity (Wildman–Crippen MR) is 105 cm³/mol. The van der Waals surface area contributed by atoms with Crippen molar-refractivity contribution in [3.8, 4) is 5.75 Å². The normalized spacial score (nSPS) is 12.5. The molecule has 126 valence electrons. The van der Waals surface area contributed by atoms with Crippen molar-refractivity contribution in [1.29, 1.82) is 0 Å². The number of nitrogens with one attached hydrogen (secondary N) is 2. The number of nitrogens with zero attached hydrogens (tertiary/aromatic N) is 2. The van der Waals surface area contributed by atoms with Gasteiger partial charge in [-0.1, -0.05) is 0 Å². The van der Waals surface area contributed by atoms with E-state index in [0.717, 1.165) is 50.6 Å². The van der Waals surface area contributed by atoms with E-state index in [9.17, 15) is 0 Å². The molecule has 0 amide bonds. The van der Waals surface area contributed by atoms with Crippen LogP contribution in [0.5, 0.6) is 5.75 Å². The molecule has 0 spiro atoms. The smallest absolute Gasteiger partial charge is 0.144 e. The summed E-state index contributed by atoms with van der Waals surface area (Å²) in [6.07, 6.45) is 7.98. The van der Waals surface area contributed by atoms with Gasteiger partial charge in [0.05, 0.1) is 35.4 Å². The molecular weight excluding hydrogens is 324 g/mol. The molecule has 0 aliphatic carbocycles. The van der Waals surface area contributed by atoms with E-state index in [0.29, 0.717) is 0 Å². The summed E-state index contributed by atoms with van der Waals surface area (Å²) >= 11 is 0. The Morgan fingerprint density at radius 1 is 0.654 bits per heavy atom. The van der Waals surface area contributed by atoms with Gasteiger partial charge in [-0.25, -0.2) is 9.97 Å². The van der Waals surface area contributed by atoms with E-state index >= 15 is 0 Å². The van der Waals surface area contributed by atoms with Crippen molar-refractivity contribution < 1.29 is 4.74 Å². The van der Waals surface area contributed by atoms with Crippen molar-refractivity contribution in [2.75, 3.05) is 7.11 Å². The zero-order valence-electron chi connectivity index (χ0n) is 14.2. The molecule has 2 aliphatic rings. The first-order valence-corrected chi connectivity index (χ1v) is 8.38. The first-order chi connectivity index (χ1) is 12.7. The van der Waals surface area contributed by atoms with Crippen molar-refractivity contribution in [1.82, 2.24) is 19.9 Å². The predicted octanol–water partition coefficient (Wildman–Crippen LogP) is 4.66. The summed E-state index contributed by atoms with van der Waals surface area (Å²) in [7, 11) is 1.67. The van der Waals surface area contributed by atoms with Crippen LogP contribution < -0.4 is 4.74 Å². The Hall–Kier alpha value is -3.60. The number of fused-ring (bicyclic) bond motifs is 8. The van der Waals surface area contributed by atoms with E-state index in [4.69, 9.17) is 4.74 Å². The minimum Gasteiger partial charge on any atom is -0.494 e. The van der Waals surface area contributed by atoms with Crippen molar-refractivity contribution in [2.24, 2.45) is 0 Å². The second-order valence-corrected chi connectivity index (χ2v) is 6.24. The van der Waals surface area contributed by atoms with Crippen molar-refractivity contribution >= 4 is 46.4 Å². The Kier molecular flexibility index (Phi) is 3.25. The van der Waals surface area contributed by atoms with Crippen molar-refractivity contribution in [2.45, 2.75) is 0 Å². The molecule has 8 bridgehead atoms. The number of hydrogen-bond acceptors (Lipinski definition) is 3. The van der Waals surface area contributed by atoms with Crippen molar-refractivity contribution in [3.05, 3.63) is 65.2 Å². The van der Waals surface area contributed by atoms with Crippen LogP contribution in [0.4, 0.5) is 0 Å². The summed E-state index contributed by atoms with van der Waals surface area (Å²) in [6, 6.07) is 14.1. The van der Waals surface area contributed by atoms with Gasteiger partial charge in [0.2, 0.25) is 0 Å². The van der Waals surface area contributed by atoms with Crippen molar-refractivity contribution in [3.63, 3.8) is 0 Å². The first-order valence-electron chi connectivity index (χ1n) is 8.38. The maximum atomic E-state index is 5.50. The average Bonchev–Trinajstić information content (AvgIpc) is 3.39. The Bertz CT molecular complexity index is 1230. The van der Waals surface area contributed by atoms with Crippen LogP contribution in [0.3, 0.4) is 0 Å². The lowest BCUT2D eigenvalue weighted by molar-refractivity contribution is 0.420. The molecule has 5 nitrogen and oxygen atoms in total. The fraction of sp³-hybridized carbons (Fsp3) is 0.0476. The van der Waals surface area contributed by atoms with Crippen LogP contribution in [-0.2, 0) is 0 Å². The minimum absolute atomic E-state index is 0.786. The number of H-pyrrole nitrogens is 2. The lowest BCUT2D eigenvalue weighted by Gasteiger charge is -1.92.